The Labute approximate surface area is 166 Å². The van der Waals surface area contributed by atoms with E-state index in [4.69, 9.17) is 0 Å². The molecule has 3 aromatic heterocycles. The number of hydrogen-bond acceptors (Lipinski definition) is 7. The lowest BCUT2D eigenvalue weighted by atomic mass is 9.96. The third-order valence-electron chi connectivity index (χ3n) is 6.05. The van der Waals surface area contributed by atoms with Gasteiger partial charge in [0, 0.05) is 43.7 Å². The van der Waals surface area contributed by atoms with E-state index in [1.165, 1.54) is 28.9 Å². The van der Waals surface area contributed by atoms with Crippen LogP contribution in [0.4, 0.5) is 10.2 Å². The second-order valence-electron chi connectivity index (χ2n) is 7.77. The summed E-state index contributed by atoms with van der Waals surface area (Å²) in [6, 6.07) is 6.25. The maximum absolute atomic E-state index is 14.8. The number of hydrogen-bond donors (Lipinski definition) is 2. The molecule has 2 aliphatic heterocycles. The Morgan fingerprint density at radius 3 is 2.93 bits per heavy atom. The van der Waals surface area contributed by atoms with E-state index in [9.17, 15) is 14.3 Å². The Hall–Kier alpha value is -3.07. The summed E-state index contributed by atoms with van der Waals surface area (Å²) >= 11 is 0. The molecule has 0 aromatic carbocycles. The highest BCUT2D eigenvalue weighted by molar-refractivity contribution is 5.69. The average molecular weight is 396 g/mol. The molecule has 0 spiro atoms. The Morgan fingerprint density at radius 1 is 1.28 bits per heavy atom. The highest BCUT2D eigenvalue weighted by Crippen LogP contribution is 2.33. The summed E-state index contributed by atoms with van der Waals surface area (Å²) in [4.78, 5) is 18.0. The van der Waals surface area contributed by atoms with Gasteiger partial charge < -0.3 is 15.3 Å². The Bertz CT molecular complexity index is 1120. The van der Waals surface area contributed by atoms with Gasteiger partial charge in [-0.05, 0) is 31.4 Å². The van der Waals surface area contributed by atoms with Crippen LogP contribution in [0.15, 0.2) is 41.5 Å². The molecule has 5 rings (SSSR count). The smallest absolute Gasteiger partial charge is 0.257 e. The molecule has 0 saturated carbocycles. The van der Waals surface area contributed by atoms with Gasteiger partial charge in [-0.2, -0.15) is 0 Å². The second-order valence-corrected chi connectivity index (χ2v) is 7.77. The number of piperidine rings is 1. The van der Waals surface area contributed by atoms with E-state index in [0.717, 1.165) is 19.3 Å². The van der Waals surface area contributed by atoms with Crippen molar-refractivity contribution in [3.05, 3.63) is 47.0 Å². The molecule has 0 aliphatic carbocycles. The molecule has 3 aromatic rings. The molecule has 2 N–H and O–H groups in total. The van der Waals surface area contributed by atoms with Crippen LogP contribution in [-0.4, -0.2) is 56.0 Å². The largest absolute Gasteiger partial charge is 0.507 e. The van der Waals surface area contributed by atoms with Gasteiger partial charge in [0.05, 0.1) is 17.3 Å². The molecule has 5 heterocycles. The summed E-state index contributed by atoms with van der Waals surface area (Å²) in [6.45, 7) is 0. The van der Waals surface area contributed by atoms with Crippen LogP contribution >= 0.6 is 0 Å². The minimum Gasteiger partial charge on any atom is -0.507 e. The molecule has 2 saturated heterocycles. The van der Waals surface area contributed by atoms with Crippen LogP contribution in [0, 0.1) is 0 Å². The van der Waals surface area contributed by atoms with Crippen molar-refractivity contribution in [1.29, 1.82) is 0 Å². The first-order valence-electron chi connectivity index (χ1n) is 9.69. The zero-order valence-corrected chi connectivity index (χ0v) is 15.9. The molecule has 8 nitrogen and oxygen atoms in total. The highest BCUT2D eigenvalue weighted by Gasteiger charge is 2.43. The molecule has 0 radical (unpaired) electrons. The summed E-state index contributed by atoms with van der Waals surface area (Å²) in [5.41, 5.74) is 0.879. The first-order valence-corrected chi connectivity index (χ1v) is 9.69. The SMILES string of the molecule is CN(c1ccc(-c2cn3c(=O)ccnc3cc2O)nn1)[C@@H]1CC2CCC(N2)[C@@H]1F. The topological polar surface area (TPSA) is 95.7 Å². The predicted octanol–water partition coefficient (Wildman–Crippen LogP) is 1.52. The number of anilines is 1. The number of aromatic nitrogens is 4. The number of fused-ring (bicyclic) bond motifs is 3. The summed E-state index contributed by atoms with van der Waals surface area (Å²) < 4.78 is 16.2. The molecule has 4 atom stereocenters. The fraction of sp³-hybridized carbons (Fsp3) is 0.400. The number of pyridine rings is 1. The zero-order valence-electron chi connectivity index (χ0n) is 15.9. The van der Waals surface area contributed by atoms with Crippen LogP contribution < -0.4 is 15.8 Å². The Kier molecular flexibility index (Phi) is 4.20. The quantitative estimate of drug-likeness (QED) is 0.693. The van der Waals surface area contributed by atoms with Crippen molar-refractivity contribution >= 4 is 11.5 Å². The maximum Gasteiger partial charge on any atom is 0.257 e. The van der Waals surface area contributed by atoms with E-state index in [0.29, 0.717) is 28.8 Å². The van der Waals surface area contributed by atoms with Gasteiger partial charge >= 0.3 is 0 Å². The van der Waals surface area contributed by atoms with E-state index in [-0.39, 0.29) is 23.4 Å². The molecule has 0 amide bonds. The summed E-state index contributed by atoms with van der Waals surface area (Å²) in [5.74, 6) is 0.527. The Morgan fingerprint density at radius 2 is 2.14 bits per heavy atom. The number of aromatic hydroxyl groups is 1. The van der Waals surface area contributed by atoms with Gasteiger partial charge in [-0.15, -0.1) is 10.2 Å². The van der Waals surface area contributed by atoms with Crippen molar-refractivity contribution in [2.75, 3.05) is 11.9 Å². The lowest BCUT2D eigenvalue weighted by molar-refractivity contribution is 0.176. The van der Waals surface area contributed by atoms with Crippen molar-refractivity contribution in [1.82, 2.24) is 24.9 Å². The van der Waals surface area contributed by atoms with Crippen molar-refractivity contribution in [2.24, 2.45) is 0 Å². The van der Waals surface area contributed by atoms with Gasteiger partial charge in [0.1, 0.15) is 17.6 Å². The lowest BCUT2D eigenvalue weighted by Crippen LogP contribution is -2.55. The van der Waals surface area contributed by atoms with Crippen molar-refractivity contribution < 1.29 is 9.50 Å². The second kappa shape index (κ2) is 6.77. The van der Waals surface area contributed by atoms with Crippen LogP contribution in [0.1, 0.15) is 19.3 Å². The fourth-order valence-electron chi connectivity index (χ4n) is 4.44. The first-order chi connectivity index (χ1) is 14.0. The van der Waals surface area contributed by atoms with Crippen molar-refractivity contribution in [2.45, 2.75) is 43.6 Å². The summed E-state index contributed by atoms with van der Waals surface area (Å²) in [5, 5.41) is 22.1. The molecular weight excluding hydrogens is 375 g/mol. The van der Waals surface area contributed by atoms with Gasteiger partial charge in [-0.25, -0.2) is 9.37 Å². The van der Waals surface area contributed by atoms with Crippen LogP contribution in [-0.2, 0) is 0 Å². The van der Waals surface area contributed by atoms with E-state index < -0.39 is 6.17 Å². The lowest BCUT2D eigenvalue weighted by Gasteiger charge is -2.38. The van der Waals surface area contributed by atoms with Gasteiger partial charge in [0.2, 0.25) is 0 Å². The van der Waals surface area contributed by atoms with E-state index >= 15 is 0 Å². The fourth-order valence-corrected chi connectivity index (χ4v) is 4.44. The first kappa shape index (κ1) is 18.0. The standard InChI is InChI=1S/C20H21FN6O2/c1-26(15-8-11-2-3-14(23-11)20(15)21)17-5-4-13(24-25-17)12-10-27-18(9-16(12)28)22-7-6-19(27)29/h4-7,9-11,14-15,20,23,28H,2-3,8H2,1H3/t11?,14?,15-,20+/m1/s1. The van der Waals surface area contributed by atoms with E-state index in [1.54, 1.807) is 12.1 Å². The third kappa shape index (κ3) is 3.02. The number of rotatable bonds is 3. The Balaban J connectivity index is 1.45. The van der Waals surface area contributed by atoms with Gasteiger partial charge in [-0.1, -0.05) is 0 Å². The van der Waals surface area contributed by atoms with Crippen LogP contribution in [0.5, 0.6) is 5.75 Å². The zero-order chi connectivity index (χ0) is 20.1. The number of halogens is 1. The molecule has 9 heteroatoms. The molecular formula is C20H21FN6O2. The predicted molar refractivity (Wildman–Crippen MR) is 106 cm³/mol. The molecule has 150 valence electrons. The van der Waals surface area contributed by atoms with Gasteiger partial charge in [0.15, 0.2) is 5.82 Å². The van der Waals surface area contributed by atoms with E-state index in [1.807, 2.05) is 11.9 Å². The molecule has 2 aliphatic rings. The normalized spacial score (nSPS) is 26.0. The van der Waals surface area contributed by atoms with Crippen LogP contribution in [0.3, 0.4) is 0 Å². The van der Waals surface area contributed by atoms with Crippen LogP contribution in [0.25, 0.3) is 16.9 Å². The van der Waals surface area contributed by atoms with Crippen LogP contribution in [0.2, 0.25) is 0 Å². The maximum atomic E-state index is 14.8. The minimum absolute atomic E-state index is 0.0442. The molecule has 29 heavy (non-hydrogen) atoms. The third-order valence-corrected chi connectivity index (χ3v) is 6.05. The monoisotopic (exact) mass is 396 g/mol. The molecule has 2 fully saturated rings. The molecule has 2 unspecified atom stereocenters. The average Bonchev–Trinajstić information content (AvgIpc) is 3.14. The van der Waals surface area contributed by atoms with Gasteiger partial charge in [0.25, 0.3) is 5.56 Å². The number of alkyl halides is 1. The van der Waals surface area contributed by atoms with E-state index in [2.05, 4.69) is 20.5 Å². The summed E-state index contributed by atoms with van der Waals surface area (Å²) in [7, 11) is 1.84. The molecule has 2 bridgehead atoms. The minimum atomic E-state index is -0.955. The number of nitrogens with zero attached hydrogens (tertiary/aromatic N) is 5. The van der Waals surface area contributed by atoms with Gasteiger partial charge in [-0.3, -0.25) is 9.20 Å². The van der Waals surface area contributed by atoms with Crippen molar-refractivity contribution in [3.8, 4) is 17.0 Å². The summed E-state index contributed by atoms with van der Waals surface area (Å²) in [6.07, 6.45) is 4.55. The van der Waals surface area contributed by atoms with Crippen molar-refractivity contribution in [3.63, 3.8) is 0 Å². The number of nitrogens with one attached hydrogen (secondary N) is 1. The highest BCUT2D eigenvalue weighted by atomic mass is 19.1.